The van der Waals surface area contributed by atoms with Gasteiger partial charge in [0.15, 0.2) is 4.32 Å². The van der Waals surface area contributed by atoms with Crippen LogP contribution in [0, 0.1) is 20.2 Å². The number of benzene rings is 2. The molecule has 1 amide bonds. The van der Waals surface area contributed by atoms with Gasteiger partial charge in [0, 0.05) is 24.0 Å². The van der Waals surface area contributed by atoms with Gasteiger partial charge in [-0.25, -0.2) is 0 Å². The van der Waals surface area contributed by atoms with Crippen LogP contribution >= 0.6 is 35.7 Å². The van der Waals surface area contributed by atoms with Crippen LogP contribution in [0.3, 0.4) is 0 Å². The molecule has 0 spiro atoms. The molecule has 0 aromatic heterocycles. The first-order chi connectivity index (χ1) is 14.3. The summed E-state index contributed by atoms with van der Waals surface area (Å²) >= 11 is 7.48. The fraction of sp³-hybridized carbons (Fsp3) is 0.111. The van der Waals surface area contributed by atoms with Gasteiger partial charge in [-0.3, -0.25) is 29.9 Å². The van der Waals surface area contributed by atoms with Crippen molar-refractivity contribution < 1.29 is 19.7 Å². The summed E-state index contributed by atoms with van der Waals surface area (Å²) in [5, 5.41) is 31.1. The van der Waals surface area contributed by atoms with E-state index in [1.165, 1.54) is 53.1 Å². The third kappa shape index (κ3) is 4.67. The number of carbonyl (C=O) groups excluding carboxylic acids is 1. The third-order valence-electron chi connectivity index (χ3n) is 3.94. The summed E-state index contributed by atoms with van der Waals surface area (Å²) in [6.07, 6.45) is 1.51. The highest BCUT2D eigenvalue weighted by atomic mass is 32.2. The van der Waals surface area contributed by atoms with Crippen molar-refractivity contribution in [3.63, 3.8) is 0 Å². The lowest BCUT2D eigenvalue weighted by Crippen LogP contribution is -2.27. The Morgan fingerprint density at radius 1 is 1.13 bits per heavy atom. The molecule has 2 aromatic rings. The van der Waals surface area contributed by atoms with Gasteiger partial charge in [0.05, 0.1) is 31.9 Å². The van der Waals surface area contributed by atoms with Crippen LogP contribution in [0.15, 0.2) is 52.3 Å². The van der Waals surface area contributed by atoms with Crippen LogP contribution in [0.2, 0.25) is 0 Å². The molecule has 9 nitrogen and oxygen atoms in total. The molecule has 1 N–H and O–H groups in total. The quantitative estimate of drug-likeness (QED) is 0.213. The number of carbonyl (C=O) groups is 1. The van der Waals surface area contributed by atoms with E-state index in [2.05, 4.69) is 0 Å². The van der Waals surface area contributed by atoms with E-state index in [9.17, 15) is 25.0 Å². The minimum atomic E-state index is -0.538. The summed E-state index contributed by atoms with van der Waals surface area (Å²) in [7, 11) is 0. The summed E-state index contributed by atoms with van der Waals surface area (Å²) in [6.45, 7) is -0.102. The zero-order valence-corrected chi connectivity index (χ0v) is 17.5. The van der Waals surface area contributed by atoms with Crippen molar-refractivity contribution in [3.8, 4) is 0 Å². The molecule has 12 heteroatoms. The van der Waals surface area contributed by atoms with Crippen molar-refractivity contribution in [2.45, 2.75) is 4.90 Å². The first kappa shape index (κ1) is 21.9. The molecule has 3 rings (SSSR count). The second-order valence-corrected chi connectivity index (χ2v) is 8.66. The number of rotatable bonds is 7. The number of aliphatic hydroxyl groups is 1. The Hall–Kier alpha value is -2.80. The molecule has 0 atom stereocenters. The molecular formula is C18H13N3O6S3. The summed E-state index contributed by atoms with van der Waals surface area (Å²) in [5.41, 5.74) is 0.631. The van der Waals surface area contributed by atoms with Crippen LogP contribution in [-0.4, -0.2) is 37.5 Å². The Morgan fingerprint density at radius 2 is 1.83 bits per heavy atom. The predicted octanol–water partition coefficient (Wildman–Crippen LogP) is 3.99. The second-order valence-electron chi connectivity index (χ2n) is 5.85. The van der Waals surface area contributed by atoms with E-state index in [-0.39, 0.29) is 27.2 Å². The number of amides is 1. The summed E-state index contributed by atoms with van der Waals surface area (Å²) < 4.78 is 0.254. The van der Waals surface area contributed by atoms with Crippen molar-refractivity contribution in [2.75, 3.05) is 17.3 Å². The maximum absolute atomic E-state index is 12.8. The van der Waals surface area contributed by atoms with E-state index in [4.69, 9.17) is 17.3 Å². The van der Waals surface area contributed by atoms with Gasteiger partial charge in [0.1, 0.15) is 0 Å². The number of anilines is 1. The highest BCUT2D eigenvalue weighted by molar-refractivity contribution is 8.27. The SMILES string of the molecule is O=C1C(=Cc2ccc(SCCO)c([N+](=O)[O-])c2)SC(=S)N1c1ccc([N+](=O)[O-])cc1. The lowest BCUT2D eigenvalue weighted by molar-refractivity contribution is -0.387. The standard InChI is InChI=1S/C18H13N3O6S3/c22-7-8-29-15-6-1-11(9-14(15)21(26)27)10-16-17(23)19(18(28)30-16)12-2-4-13(5-3-12)20(24)25/h1-6,9-10,22H,7-8H2. The number of non-ortho nitro benzene ring substituents is 1. The van der Waals surface area contributed by atoms with Gasteiger partial charge in [0.25, 0.3) is 17.3 Å². The number of nitro benzene ring substituents is 2. The highest BCUT2D eigenvalue weighted by Gasteiger charge is 2.33. The molecule has 1 heterocycles. The van der Waals surface area contributed by atoms with Gasteiger partial charge in [0.2, 0.25) is 0 Å². The molecule has 0 unspecified atom stereocenters. The Kier molecular flexibility index (Phi) is 6.82. The Morgan fingerprint density at radius 3 is 2.43 bits per heavy atom. The molecule has 0 aliphatic carbocycles. The van der Waals surface area contributed by atoms with Gasteiger partial charge in [-0.2, -0.15) is 0 Å². The van der Waals surface area contributed by atoms with E-state index < -0.39 is 15.8 Å². The molecular weight excluding hydrogens is 450 g/mol. The monoisotopic (exact) mass is 463 g/mol. The first-order valence-corrected chi connectivity index (χ1v) is 10.6. The number of nitrogens with zero attached hydrogens (tertiary/aromatic N) is 3. The van der Waals surface area contributed by atoms with E-state index in [0.29, 0.717) is 21.9 Å². The molecule has 1 saturated heterocycles. The van der Waals surface area contributed by atoms with Crippen molar-refractivity contribution in [2.24, 2.45) is 0 Å². The zero-order valence-electron chi connectivity index (χ0n) is 15.1. The van der Waals surface area contributed by atoms with Gasteiger partial charge in [-0.15, -0.1) is 11.8 Å². The topological polar surface area (TPSA) is 127 Å². The molecule has 0 saturated carbocycles. The van der Waals surface area contributed by atoms with Crippen molar-refractivity contribution >= 4 is 69.1 Å². The van der Waals surface area contributed by atoms with Gasteiger partial charge in [-0.05, 0) is 29.8 Å². The Balaban J connectivity index is 1.88. The fourth-order valence-electron chi connectivity index (χ4n) is 2.61. The lowest BCUT2D eigenvalue weighted by Gasteiger charge is -2.13. The van der Waals surface area contributed by atoms with Crippen LogP contribution in [-0.2, 0) is 4.79 Å². The number of thiocarbonyl (C=S) groups is 1. The molecule has 1 fully saturated rings. The van der Waals surface area contributed by atoms with Gasteiger partial charge < -0.3 is 5.11 Å². The smallest absolute Gasteiger partial charge is 0.283 e. The van der Waals surface area contributed by atoms with E-state index >= 15 is 0 Å². The van der Waals surface area contributed by atoms with Crippen LogP contribution in [0.5, 0.6) is 0 Å². The average molecular weight is 464 g/mol. The molecule has 1 aliphatic rings. The van der Waals surface area contributed by atoms with Crippen LogP contribution in [0.25, 0.3) is 6.08 Å². The number of nitro groups is 2. The molecule has 1 aliphatic heterocycles. The van der Waals surface area contributed by atoms with Crippen LogP contribution in [0.1, 0.15) is 5.56 Å². The highest BCUT2D eigenvalue weighted by Crippen LogP contribution is 2.37. The largest absolute Gasteiger partial charge is 0.396 e. The number of thioether (sulfide) groups is 2. The molecule has 154 valence electrons. The number of hydrogen-bond acceptors (Lipinski definition) is 9. The molecule has 2 aromatic carbocycles. The minimum absolute atomic E-state index is 0.102. The Labute approximate surface area is 184 Å². The fourth-order valence-corrected chi connectivity index (χ4v) is 4.67. The van der Waals surface area contributed by atoms with E-state index in [1.807, 2.05) is 0 Å². The zero-order chi connectivity index (χ0) is 21.8. The third-order valence-corrected chi connectivity index (χ3v) is 6.28. The van der Waals surface area contributed by atoms with E-state index in [1.54, 1.807) is 12.1 Å². The van der Waals surface area contributed by atoms with Crippen LogP contribution < -0.4 is 4.90 Å². The number of aliphatic hydroxyl groups excluding tert-OH is 1. The maximum Gasteiger partial charge on any atom is 0.283 e. The van der Waals surface area contributed by atoms with Crippen molar-refractivity contribution in [1.29, 1.82) is 0 Å². The Bertz CT molecular complexity index is 1070. The molecule has 0 radical (unpaired) electrons. The van der Waals surface area contributed by atoms with Crippen molar-refractivity contribution in [1.82, 2.24) is 0 Å². The van der Waals surface area contributed by atoms with Gasteiger partial charge >= 0.3 is 0 Å². The average Bonchev–Trinajstić information content (AvgIpc) is 2.99. The van der Waals surface area contributed by atoms with Crippen molar-refractivity contribution in [3.05, 3.63) is 73.2 Å². The van der Waals surface area contributed by atoms with Gasteiger partial charge in [-0.1, -0.05) is 30.0 Å². The predicted molar refractivity (Wildman–Crippen MR) is 120 cm³/mol. The summed E-state index contributed by atoms with van der Waals surface area (Å²) in [4.78, 5) is 35.9. The second kappa shape index (κ2) is 9.34. The normalized spacial score (nSPS) is 15.1. The lowest BCUT2D eigenvalue weighted by atomic mass is 10.2. The van der Waals surface area contributed by atoms with Crippen LogP contribution in [0.4, 0.5) is 17.1 Å². The minimum Gasteiger partial charge on any atom is -0.396 e. The molecule has 30 heavy (non-hydrogen) atoms. The van der Waals surface area contributed by atoms with E-state index in [0.717, 1.165) is 11.8 Å². The maximum atomic E-state index is 12.8. The summed E-state index contributed by atoms with van der Waals surface area (Å²) in [6, 6.07) is 10.0. The summed E-state index contributed by atoms with van der Waals surface area (Å²) in [5.74, 6) is -0.0890. The number of hydrogen-bond donors (Lipinski definition) is 1. The molecule has 0 bridgehead atoms. The first-order valence-electron chi connectivity index (χ1n) is 8.36.